The van der Waals surface area contributed by atoms with Crippen molar-refractivity contribution in [2.24, 2.45) is 10.9 Å². The van der Waals surface area contributed by atoms with Crippen molar-refractivity contribution in [1.29, 1.82) is 0 Å². The number of benzene rings is 1. The topological polar surface area (TPSA) is 44.6 Å². The lowest BCUT2D eigenvalue weighted by molar-refractivity contribution is 0.457. The Kier molecular flexibility index (Phi) is 4.13. The molecule has 1 aromatic carbocycles. The molecule has 0 aromatic heterocycles. The first-order valence-corrected chi connectivity index (χ1v) is 7.07. The standard InChI is InChI=1S/C16H24N2O/c1-10(2)7-13-8-11(3)14(12(4)16(13)19)9-15-17-5-6-18-15/h8,10,19H,5-7,9H2,1-4H3,(H,17,18). The van der Waals surface area contributed by atoms with Crippen LogP contribution >= 0.6 is 0 Å². The second-order valence-electron chi connectivity index (χ2n) is 5.83. The highest BCUT2D eigenvalue weighted by atomic mass is 16.3. The number of nitrogens with zero attached hydrogens (tertiary/aromatic N) is 1. The minimum Gasteiger partial charge on any atom is -0.507 e. The molecule has 1 aliphatic heterocycles. The summed E-state index contributed by atoms with van der Waals surface area (Å²) >= 11 is 0. The van der Waals surface area contributed by atoms with E-state index in [4.69, 9.17) is 0 Å². The fraction of sp³-hybridized carbons (Fsp3) is 0.562. The van der Waals surface area contributed by atoms with Crippen molar-refractivity contribution in [3.63, 3.8) is 0 Å². The van der Waals surface area contributed by atoms with Crippen LogP contribution in [-0.4, -0.2) is 24.0 Å². The summed E-state index contributed by atoms with van der Waals surface area (Å²) in [5, 5.41) is 13.7. The van der Waals surface area contributed by atoms with Crippen LogP contribution in [0.15, 0.2) is 11.1 Å². The van der Waals surface area contributed by atoms with E-state index in [1.165, 1.54) is 11.1 Å². The molecule has 0 saturated carbocycles. The number of phenolic OH excluding ortho intramolecular Hbond substituents is 1. The van der Waals surface area contributed by atoms with Gasteiger partial charge in [-0.2, -0.15) is 0 Å². The van der Waals surface area contributed by atoms with Gasteiger partial charge in [0.05, 0.1) is 6.54 Å². The third-order valence-corrected chi connectivity index (χ3v) is 3.69. The van der Waals surface area contributed by atoms with E-state index < -0.39 is 0 Å². The Hall–Kier alpha value is -1.51. The van der Waals surface area contributed by atoms with Crippen LogP contribution in [0.5, 0.6) is 5.75 Å². The monoisotopic (exact) mass is 260 g/mol. The van der Waals surface area contributed by atoms with Crippen LogP contribution in [-0.2, 0) is 12.8 Å². The van der Waals surface area contributed by atoms with Crippen molar-refractivity contribution in [2.75, 3.05) is 13.1 Å². The van der Waals surface area contributed by atoms with Gasteiger partial charge in [-0.3, -0.25) is 4.99 Å². The van der Waals surface area contributed by atoms with E-state index in [9.17, 15) is 5.11 Å². The molecule has 19 heavy (non-hydrogen) atoms. The summed E-state index contributed by atoms with van der Waals surface area (Å²) in [5.74, 6) is 2.06. The Morgan fingerprint density at radius 1 is 1.37 bits per heavy atom. The molecular formula is C16H24N2O. The number of aliphatic imine (C=N–C) groups is 1. The number of hydrogen-bond donors (Lipinski definition) is 2. The highest BCUT2D eigenvalue weighted by Crippen LogP contribution is 2.30. The molecule has 104 valence electrons. The Morgan fingerprint density at radius 3 is 2.68 bits per heavy atom. The third-order valence-electron chi connectivity index (χ3n) is 3.69. The van der Waals surface area contributed by atoms with Gasteiger partial charge in [-0.15, -0.1) is 0 Å². The molecule has 0 saturated heterocycles. The number of phenols is 1. The van der Waals surface area contributed by atoms with Crippen LogP contribution in [0.2, 0.25) is 0 Å². The highest BCUT2D eigenvalue weighted by Gasteiger charge is 2.16. The second-order valence-corrected chi connectivity index (χ2v) is 5.83. The molecule has 0 aliphatic carbocycles. The van der Waals surface area contributed by atoms with Gasteiger partial charge in [0, 0.05) is 13.0 Å². The number of aryl methyl sites for hydroxylation is 1. The predicted molar refractivity (Wildman–Crippen MR) is 80.1 cm³/mol. The Labute approximate surface area is 115 Å². The molecule has 1 heterocycles. The average Bonchev–Trinajstić information content (AvgIpc) is 2.83. The summed E-state index contributed by atoms with van der Waals surface area (Å²) < 4.78 is 0. The zero-order valence-electron chi connectivity index (χ0n) is 12.4. The zero-order chi connectivity index (χ0) is 14.0. The van der Waals surface area contributed by atoms with E-state index in [0.29, 0.717) is 11.7 Å². The summed E-state index contributed by atoms with van der Waals surface area (Å²) in [6.45, 7) is 10.3. The van der Waals surface area contributed by atoms with E-state index in [2.05, 4.69) is 37.1 Å². The predicted octanol–water partition coefficient (Wildman–Crippen LogP) is 2.75. The quantitative estimate of drug-likeness (QED) is 0.874. The molecule has 3 nitrogen and oxygen atoms in total. The molecule has 0 radical (unpaired) electrons. The van der Waals surface area contributed by atoms with Gasteiger partial charge in [-0.05, 0) is 48.4 Å². The Balaban J connectivity index is 2.32. The largest absolute Gasteiger partial charge is 0.507 e. The second kappa shape index (κ2) is 5.64. The summed E-state index contributed by atoms with van der Waals surface area (Å²) in [7, 11) is 0. The van der Waals surface area contributed by atoms with Crippen molar-refractivity contribution < 1.29 is 5.11 Å². The fourth-order valence-electron chi connectivity index (χ4n) is 2.70. The molecule has 2 rings (SSSR count). The smallest absolute Gasteiger partial charge is 0.121 e. The summed E-state index contributed by atoms with van der Waals surface area (Å²) in [5.41, 5.74) is 4.53. The number of amidine groups is 1. The first kappa shape index (κ1) is 13.9. The fourth-order valence-corrected chi connectivity index (χ4v) is 2.70. The maximum absolute atomic E-state index is 10.4. The third kappa shape index (κ3) is 3.09. The van der Waals surface area contributed by atoms with Crippen LogP contribution in [0.3, 0.4) is 0 Å². The molecule has 1 aromatic rings. The maximum atomic E-state index is 10.4. The molecule has 0 spiro atoms. The van der Waals surface area contributed by atoms with Gasteiger partial charge in [0.1, 0.15) is 11.6 Å². The molecule has 2 N–H and O–H groups in total. The van der Waals surface area contributed by atoms with Gasteiger partial charge < -0.3 is 10.4 Å². The number of aromatic hydroxyl groups is 1. The van der Waals surface area contributed by atoms with Gasteiger partial charge in [0.15, 0.2) is 0 Å². The first-order chi connectivity index (χ1) is 8.99. The van der Waals surface area contributed by atoms with Crippen LogP contribution in [0.1, 0.15) is 36.1 Å². The van der Waals surface area contributed by atoms with E-state index in [-0.39, 0.29) is 0 Å². The SMILES string of the molecule is Cc1cc(CC(C)C)c(O)c(C)c1CC1=NCCN1. The lowest BCUT2D eigenvalue weighted by Crippen LogP contribution is -2.21. The molecule has 0 fully saturated rings. The normalized spacial score (nSPS) is 14.7. The molecule has 0 amide bonds. The average molecular weight is 260 g/mol. The molecule has 0 unspecified atom stereocenters. The Bertz CT molecular complexity index is 504. The van der Waals surface area contributed by atoms with Crippen LogP contribution < -0.4 is 5.32 Å². The molecule has 0 atom stereocenters. The van der Waals surface area contributed by atoms with Crippen LogP contribution in [0, 0.1) is 19.8 Å². The molecule has 3 heteroatoms. The van der Waals surface area contributed by atoms with Gasteiger partial charge >= 0.3 is 0 Å². The van der Waals surface area contributed by atoms with E-state index in [0.717, 1.165) is 42.9 Å². The Morgan fingerprint density at radius 2 is 2.11 bits per heavy atom. The summed E-state index contributed by atoms with van der Waals surface area (Å²) in [6.07, 6.45) is 1.72. The van der Waals surface area contributed by atoms with E-state index >= 15 is 0 Å². The van der Waals surface area contributed by atoms with Crippen molar-refractivity contribution in [1.82, 2.24) is 5.32 Å². The lowest BCUT2D eigenvalue weighted by Gasteiger charge is -2.16. The molecule has 0 bridgehead atoms. The first-order valence-electron chi connectivity index (χ1n) is 7.07. The minimum atomic E-state index is 0.466. The van der Waals surface area contributed by atoms with Gasteiger partial charge in [-0.1, -0.05) is 19.9 Å². The van der Waals surface area contributed by atoms with Crippen molar-refractivity contribution >= 4 is 5.84 Å². The van der Waals surface area contributed by atoms with Crippen molar-refractivity contribution in [3.05, 3.63) is 28.3 Å². The highest BCUT2D eigenvalue weighted by molar-refractivity contribution is 5.86. The molecule has 1 aliphatic rings. The van der Waals surface area contributed by atoms with Gasteiger partial charge in [-0.25, -0.2) is 0 Å². The van der Waals surface area contributed by atoms with E-state index in [1.54, 1.807) is 0 Å². The lowest BCUT2D eigenvalue weighted by atomic mass is 9.92. The van der Waals surface area contributed by atoms with E-state index in [1.807, 2.05) is 6.92 Å². The van der Waals surface area contributed by atoms with Crippen LogP contribution in [0.4, 0.5) is 0 Å². The zero-order valence-corrected chi connectivity index (χ0v) is 12.4. The van der Waals surface area contributed by atoms with Gasteiger partial charge in [0.25, 0.3) is 0 Å². The number of hydrogen-bond acceptors (Lipinski definition) is 3. The van der Waals surface area contributed by atoms with Crippen LogP contribution in [0.25, 0.3) is 0 Å². The summed E-state index contributed by atoms with van der Waals surface area (Å²) in [4.78, 5) is 4.44. The summed E-state index contributed by atoms with van der Waals surface area (Å²) in [6, 6.07) is 2.13. The molecular weight excluding hydrogens is 236 g/mol. The van der Waals surface area contributed by atoms with Crippen molar-refractivity contribution in [3.8, 4) is 5.75 Å². The number of nitrogens with one attached hydrogen (secondary N) is 1. The maximum Gasteiger partial charge on any atom is 0.121 e. The van der Waals surface area contributed by atoms with Gasteiger partial charge in [0.2, 0.25) is 0 Å². The number of rotatable bonds is 4. The minimum absolute atomic E-state index is 0.466. The van der Waals surface area contributed by atoms with Crippen molar-refractivity contribution in [2.45, 2.75) is 40.5 Å².